The largest absolute Gasteiger partial charge is 0.454 e. The van der Waals surface area contributed by atoms with Crippen LogP contribution in [0.15, 0.2) is 72.9 Å². The summed E-state index contributed by atoms with van der Waals surface area (Å²) in [6.45, 7) is 2.49. The fourth-order valence-corrected chi connectivity index (χ4v) is 5.21. The maximum atomic E-state index is 14.2. The van der Waals surface area contributed by atoms with Crippen molar-refractivity contribution in [3.05, 3.63) is 89.9 Å². The Kier molecular flexibility index (Phi) is 5.52. The maximum Gasteiger partial charge on any atom is 0.231 e. The summed E-state index contributed by atoms with van der Waals surface area (Å²) in [5, 5.41) is 1.09. The number of halogens is 1. The predicted octanol–water partition coefficient (Wildman–Crippen LogP) is 4.91. The molecule has 1 saturated heterocycles. The minimum absolute atomic E-state index is 0.0741. The van der Waals surface area contributed by atoms with Gasteiger partial charge in [0.25, 0.3) is 0 Å². The van der Waals surface area contributed by atoms with Crippen LogP contribution in [0.3, 0.4) is 0 Å². The van der Waals surface area contributed by atoms with Gasteiger partial charge in [-0.3, -0.25) is 4.79 Å². The van der Waals surface area contributed by atoms with E-state index in [2.05, 4.69) is 11.1 Å². The van der Waals surface area contributed by atoms with E-state index in [4.69, 9.17) is 9.47 Å². The highest BCUT2D eigenvalue weighted by atomic mass is 19.1. The first-order valence-corrected chi connectivity index (χ1v) is 11.9. The van der Waals surface area contributed by atoms with E-state index in [9.17, 15) is 9.18 Å². The molecule has 1 atom stereocenters. The monoisotopic (exact) mass is 471 g/mol. The quantitative estimate of drug-likeness (QED) is 0.450. The van der Waals surface area contributed by atoms with Gasteiger partial charge in [-0.1, -0.05) is 42.5 Å². The van der Waals surface area contributed by atoms with E-state index in [1.807, 2.05) is 58.5 Å². The van der Waals surface area contributed by atoms with Crippen molar-refractivity contribution in [2.24, 2.45) is 0 Å². The molecule has 3 heterocycles. The van der Waals surface area contributed by atoms with Crippen LogP contribution in [0, 0.1) is 5.82 Å². The average molecular weight is 472 g/mol. The molecule has 7 heteroatoms. The highest BCUT2D eigenvalue weighted by Gasteiger charge is 2.31. The first-order chi connectivity index (χ1) is 17.2. The number of para-hydroxylation sites is 3. The topological polar surface area (TPSA) is 57.8 Å². The zero-order valence-corrected chi connectivity index (χ0v) is 19.2. The van der Waals surface area contributed by atoms with Crippen LogP contribution in [0.25, 0.3) is 10.9 Å². The minimum atomic E-state index is -0.230. The number of hydrogen-bond donors (Lipinski definition) is 1. The third-order valence-electron chi connectivity index (χ3n) is 7.00. The highest BCUT2D eigenvalue weighted by Crippen LogP contribution is 2.44. The first-order valence-electron chi connectivity index (χ1n) is 11.9. The van der Waals surface area contributed by atoms with Crippen LogP contribution in [0.5, 0.6) is 11.5 Å². The molecule has 0 aliphatic carbocycles. The molecule has 6 nitrogen and oxygen atoms in total. The lowest BCUT2D eigenvalue weighted by molar-refractivity contribution is -0.131. The molecular formula is C28H26FN3O3. The third kappa shape index (κ3) is 3.97. The number of carbonyl (C=O) groups excluding carboxylic acids is 1. The number of piperazine rings is 1. The van der Waals surface area contributed by atoms with Crippen molar-refractivity contribution in [3.8, 4) is 11.5 Å². The number of ether oxygens (including phenoxy) is 2. The fourth-order valence-electron chi connectivity index (χ4n) is 5.21. The molecule has 4 aromatic rings. The van der Waals surface area contributed by atoms with Crippen molar-refractivity contribution < 1.29 is 18.7 Å². The molecule has 1 amide bonds. The van der Waals surface area contributed by atoms with E-state index in [0.717, 1.165) is 22.0 Å². The van der Waals surface area contributed by atoms with E-state index in [1.54, 1.807) is 12.1 Å². The molecule has 2 aliphatic rings. The van der Waals surface area contributed by atoms with Crippen molar-refractivity contribution in [3.63, 3.8) is 0 Å². The lowest BCUT2D eigenvalue weighted by atomic mass is 9.87. The molecule has 0 radical (unpaired) electrons. The molecule has 178 valence electrons. The first kappa shape index (κ1) is 21.5. The van der Waals surface area contributed by atoms with Gasteiger partial charge in [0.2, 0.25) is 12.7 Å². The number of aromatic nitrogens is 1. The van der Waals surface area contributed by atoms with Crippen molar-refractivity contribution in [1.29, 1.82) is 0 Å². The molecular weight excluding hydrogens is 445 g/mol. The molecule has 0 saturated carbocycles. The number of fused-ring (bicyclic) bond motifs is 2. The zero-order chi connectivity index (χ0) is 23.8. The van der Waals surface area contributed by atoms with Gasteiger partial charge in [0, 0.05) is 61.2 Å². The van der Waals surface area contributed by atoms with Crippen molar-refractivity contribution in [1.82, 2.24) is 9.88 Å². The van der Waals surface area contributed by atoms with Gasteiger partial charge in [0.15, 0.2) is 11.5 Å². The number of nitrogens with one attached hydrogen (secondary N) is 1. The summed E-state index contributed by atoms with van der Waals surface area (Å²) >= 11 is 0. The molecule has 1 N–H and O–H groups in total. The molecule has 1 unspecified atom stereocenters. The smallest absolute Gasteiger partial charge is 0.231 e. The van der Waals surface area contributed by atoms with Crippen LogP contribution in [0.4, 0.5) is 10.1 Å². The van der Waals surface area contributed by atoms with Crippen molar-refractivity contribution >= 4 is 22.5 Å². The summed E-state index contributed by atoms with van der Waals surface area (Å²) in [4.78, 5) is 20.8. The number of carbonyl (C=O) groups is 1. The second-order valence-electron chi connectivity index (χ2n) is 8.95. The van der Waals surface area contributed by atoms with Crippen molar-refractivity contribution in [2.45, 2.75) is 12.3 Å². The molecule has 2 aliphatic heterocycles. The second kappa shape index (κ2) is 8.98. The molecule has 0 bridgehead atoms. The van der Waals surface area contributed by atoms with Gasteiger partial charge in [-0.25, -0.2) is 4.39 Å². The number of hydrogen-bond acceptors (Lipinski definition) is 4. The SMILES string of the molecule is O=C(CC(c1cccc2c1OCO2)c1c[nH]c2ccccc12)N1CCN(c2ccccc2F)CC1. The van der Waals surface area contributed by atoms with Crippen LogP contribution in [-0.4, -0.2) is 48.8 Å². The van der Waals surface area contributed by atoms with Gasteiger partial charge in [0.1, 0.15) is 5.82 Å². The van der Waals surface area contributed by atoms with Gasteiger partial charge in [-0.2, -0.15) is 0 Å². The standard InChI is InChI=1S/C28H26FN3O3/c29-23-8-2-4-10-25(23)31-12-14-32(15-13-31)27(33)16-21(20-7-5-11-26-28(20)35-18-34-26)22-17-30-24-9-3-1-6-19(22)24/h1-11,17,21,30H,12-16,18H2. The summed E-state index contributed by atoms with van der Waals surface area (Å²) in [7, 11) is 0. The number of aromatic amines is 1. The average Bonchev–Trinajstić information content (AvgIpc) is 3.55. The lowest BCUT2D eigenvalue weighted by Crippen LogP contribution is -2.49. The molecule has 3 aromatic carbocycles. The van der Waals surface area contributed by atoms with Crippen LogP contribution in [0.2, 0.25) is 0 Å². The summed E-state index contributed by atoms with van der Waals surface area (Å²) in [6.07, 6.45) is 2.30. The Hall–Kier alpha value is -4.00. The highest BCUT2D eigenvalue weighted by molar-refractivity contribution is 5.86. The van der Waals surface area contributed by atoms with Crippen LogP contribution >= 0.6 is 0 Å². The molecule has 6 rings (SSSR count). The number of anilines is 1. The maximum absolute atomic E-state index is 14.2. The van der Waals surface area contributed by atoms with E-state index in [-0.39, 0.29) is 24.4 Å². The Morgan fingerprint density at radius 1 is 0.914 bits per heavy atom. The van der Waals surface area contributed by atoms with Gasteiger partial charge in [0.05, 0.1) is 5.69 Å². The number of nitrogens with zero attached hydrogens (tertiary/aromatic N) is 2. The zero-order valence-electron chi connectivity index (χ0n) is 19.2. The Morgan fingerprint density at radius 2 is 1.71 bits per heavy atom. The Labute approximate surface area is 202 Å². The fraction of sp³-hybridized carbons (Fsp3) is 0.250. The van der Waals surface area contributed by atoms with Gasteiger partial charge in [-0.15, -0.1) is 0 Å². The Morgan fingerprint density at radius 3 is 2.57 bits per heavy atom. The van der Waals surface area contributed by atoms with Gasteiger partial charge < -0.3 is 24.3 Å². The number of H-pyrrole nitrogens is 1. The third-order valence-corrected chi connectivity index (χ3v) is 7.00. The molecule has 1 aromatic heterocycles. The van der Waals surface area contributed by atoms with Crippen LogP contribution in [0.1, 0.15) is 23.5 Å². The summed E-state index contributed by atoms with van der Waals surface area (Å²) in [6, 6.07) is 20.8. The Balaban J connectivity index is 1.27. The normalized spacial score (nSPS) is 16.0. The number of rotatable bonds is 5. The number of benzene rings is 3. The van der Waals surface area contributed by atoms with Gasteiger partial charge in [-0.05, 0) is 29.8 Å². The minimum Gasteiger partial charge on any atom is -0.454 e. The summed E-state index contributed by atoms with van der Waals surface area (Å²) < 4.78 is 25.7. The van der Waals surface area contributed by atoms with Gasteiger partial charge >= 0.3 is 0 Å². The lowest BCUT2D eigenvalue weighted by Gasteiger charge is -2.36. The van der Waals surface area contributed by atoms with E-state index >= 15 is 0 Å². The number of amides is 1. The molecule has 35 heavy (non-hydrogen) atoms. The van der Waals surface area contributed by atoms with Crippen LogP contribution in [-0.2, 0) is 4.79 Å². The summed E-state index contributed by atoms with van der Waals surface area (Å²) in [5.74, 6) is 1.06. The molecule has 0 spiro atoms. The Bertz CT molecular complexity index is 1380. The summed E-state index contributed by atoms with van der Waals surface area (Å²) in [5.41, 5.74) is 3.63. The molecule has 1 fully saturated rings. The van der Waals surface area contributed by atoms with Crippen LogP contribution < -0.4 is 14.4 Å². The second-order valence-corrected chi connectivity index (χ2v) is 8.95. The predicted molar refractivity (Wildman–Crippen MR) is 133 cm³/mol. The van der Waals surface area contributed by atoms with E-state index in [0.29, 0.717) is 49.8 Å². The van der Waals surface area contributed by atoms with E-state index < -0.39 is 0 Å². The van der Waals surface area contributed by atoms with Crippen molar-refractivity contribution in [2.75, 3.05) is 37.9 Å². The van der Waals surface area contributed by atoms with E-state index in [1.165, 1.54) is 6.07 Å².